The van der Waals surface area contributed by atoms with E-state index in [9.17, 15) is 13.2 Å². The van der Waals surface area contributed by atoms with E-state index in [0.29, 0.717) is 4.90 Å². The SMILES string of the molecule is CC1CN(CC2CCCO2)c2cc(-c3ccc(S(C)(=O)=O)cc3)ccc2N1C(=O)N1CCCC1. The Morgan fingerprint density at radius 2 is 1.71 bits per heavy atom. The lowest BCUT2D eigenvalue weighted by Crippen LogP contribution is -2.55. The van der Waals surface area contributed by atoms with Gasteiger partial charge < -0.3 is 14.5 Å². The van der Waals surface area contributed by atoms with E-state index in [1.165, 1.54) is 6.26 Å². The summed E-state index contributed by atoms with van der Waals surface area (Å²) in [6.45, 7) is 6.14. The van der Waals surface area contributed by atoms with Crippen LogP contribution in [0.3, 0.4) is 0 Å². The molecule has 2 amide bonds. The number of benzene rings is 2. The predicted molar refractivity (Wildman–Crippen MR) is 134 cm³/mol. The van der Waals surface area contributed by atoms with Gasteiger partial charge in [0.05, 0.1) is 28.4 Å². The molecular weight excluding hydrogens is 450 g/mol. The minimum Gasteiger partial charge on any atom is -0.376 e. The average Bonchev–Trinajstić information content (AvgIpc) is 3.53. The van der Waals surface area contributed by atoms with Crippen molar-refractivity contribution in [2.75, 3.05) is 48.8 Å². The molecule has 2 aromatic rings. The molecule has 0 spiro atoms. The number of likely N-dealkylation sites (tertiary alicyclic amines) is 1. The highest BCUT2D eigenvalue weighted by Crippen LogP contribution is 2.40. The van der Waals surface area contributed by atoms with Gasteiger partial charge in [-0.15, -0.1) is 0 Å². The van der Waals surface area contributed by atoms with Crippen LogP contribution >= 0.6 is 0 Å². The lowest BCUT2D eigenvalue weighted by molar-refractivity contribution is 0.115. The Morgan fingerprint density at radius 1 is 1.00 bits per heavy atom. The molecule has 34 heavy (non-hydrogen) atoms. The molecule has 8 heteroatoms. The largest absolute Gasteiger partial charge is 0.376 e. The highest BCUT2D eigenvalue weighted by molar-refractivity contribution is 7.90. The number of sulfone groups is 1. The fourth-order valence-corrected chi connectivity index (χ4v) is 5.98. The minimum atomic E-state index is -3.24. The molecule has 7 nitrogen and oxygen atoms in total. The summed E-state index contributed by atoms with van der Waals surface area (Å²) >= 11 is 0. The Hall–Kier alpha value is -2.58. The molecule has 2 atom stereocenters. The Kier molecular flexibility index (Phi) is 6.29. The van der Waals surface area contributed by atoms with Crippen LogP contribution in [0.2, 0.25) is 0 Å². The second kappa shape index (κ2) is 9.23. The summed E-state index contributed by atoms with van der Waals surface area (Å²) in [6.07, 6.45) is 5.70. The summed E-state index contributed by atoms with van der Waals surface area (Å²) in [5.74, 6) is 0. The lowest BCUT2D eigenvalue weighted by atomic mass is 10.0. The van der Waals surface area contributed by atoms with Crippen molar-refractivity contribution in [3.05, 3.63) is 42.5 Å². The normalized spacial score (nSPS) is 22.8. The third kappa shape index (κ3) is 4.53. The molecule has 5 rings (SSSR count). The van der Waals surface area contributed by atoms with Crippen LogP contribution in [0.4, 0.5) is 16.2 Å². The van der Waals surface area contributed by atoms with E-state index in [-0.39, 0.29) is 18.2 Å². The maximum absolute atomic E-state index is 13.5. The molecule has 0 saturated carbocycles. The first-order valence-corrected chi connectivity index (χ1v) is 14.1. The number of carbonyl (C=O) groups excluding carboxylic acids is 1. The summed E-state index contributed by atoms with van der Waals surface area (Å²) in [6, 6.07) is 13.4. The van der Waals surface area contributed by atoms with Crippen molar-refractivity contribution in [3.8, 4) is 11.1 Å². The van der Waals surface area contributed by atoms with Gasteiger partial charge >= 0.3 is 6.03 Å². The van der Waals surface area contributed by atoms with Crippen LogP contribution in [-0.2, 0) is 14.6 Å². The quantitative estimate of drug-likeness (QED) is 0.653. The molecule has 0 bridgehead atoms. The molecule has 0 aliphatic carbocycles. The Bertz CT molecular complexity index is 1150. The molecule has 0 aromatic heterocycles. The van der Waals surface area contributed by atoms with E-state index in [1.54, 1.807) is 12.1 Å². The molecule has 182 valence electrons. The van der Waals surface area contributed by atoms with Crippen LogP contribution in [0.25, 0.3) is 11.1 Å². The summed E-state index contributed by atoms with van der Waals surface area (Å²) in [4.78, 5) is 20.1. The standard InChI is InChI=1S/C26H33N3O4S/c1-19-17-28(18-22-6-5-15-33-22)25-16-21(20-7-10-23(11-8-20)34(2,31)32)9-12-24(25)29(19)26(30)27-13-3-4-14-27/h7-12,16,19,22H,3-6,13-15,17-18H2,1-2H3. The number of urea groups is 1. The predicted octanol–water partition coefficient (Wildman–Crippen LogP) is 4.17. The van der Waals surface area contributed by atoms with E-state index in [0.717, 1.165) is 81.0 Å². The smallest absolute Gasteiger partial charge is 0.324 e. The monoisotopic (exact) mass is 483 g/mol. The average molecular weight is 484 g/mol. The van der Waals surface area contributed by atoms with Gasteiger partial charge in [-0.2, -0.15) is 0 Å². The highest BCUT2D eigenvalue weighted by Gasteiger charge is 2.36. The van der Waals surface area contributed by atoms with E-state index < -0.39 is 9.84 Å². The van der Waals surface area contributed by atoms with Gasteiger partial charge in [-0.1, -0.05) is 18.2 Å². The van der Waals surface area contributed by atoms with Crippen LogP contribution in [0, 0.1) is 0 Å². The van der Waals surface area contributed by atoms with Gasteiger partial charge in [-0.25, -0.2) is 13.2 Å². The zero-order valence-corrected chi connectivity index (χ0v) is 20.8. The molecule has 3 aliphatic heterocycles. The number of carbonyl (C=O) groups is 1. The van der Waals surface area contributed by atoms with Gasteiger partial charge in [0.25, 0.3) is 0 Å². The molecular formula is C26H33N3O4S. The fraction of sp³-hybridized carbons (Fsp3) is 0.500. The first kappa shape index (κ1) is 23.2. The van der Waals surface area contributed by atoms with Crippen molar-refractivity contribution in [2.45, 2.75) is 49.6 Å². The van der Waals surface area contributed by atoms with Gasteiger partial charge in [-0.05, 0) is 68.0 Å². The molecule has 3 aliphatic rings. The topological polar surface area (TPSA) is 70.2 Å². The zero-order chi connectivity index (χ0) is 23.9. The highest BCUT2D eigenvalue weighted by atomic mass is 32.2. The van der Waals surface area contributed by atoms with Gasteiger partial charge in [0.15, 0.2) is 9.84 Å². The maximum Gasteiger partial charge on any atom is 0.324 e. The lowest BCUT2D eigenvalue weighted by Gasteiger charge is -2.44. The number of ether oxygens (including phenoxy) is 1. The molecule has 0 N–H and O–H groups in total. The summed E-state index contributed by atoms with van der Waals surface area (Å²) in [5, 5.41) is 0. The van der Waals surface area contributed by atoms with Crippen LogP contribution in [-0.4, -0.2) is 70.5 Å². The van der Waals surface area contributed by atoms with Crippen molar-refractivity contribution < 1.29 is 17.9 Å². The van der Waals surface area contributed by atoms with Crippen LogP contribution in [0.15, 0.2) is 47.4 Å². The molecule has 0 radical (unpaired) electrons. The Labute approximate surface area is 202 Å². The minimum absolute atomic E-state index is 0.0573. The molecule has 3 heterocycles. The van der Waals surface area contributed by atoms with E-state index in [2.05, 4.69) is 17.9 Å². The molecule has 2 aromatic carbocycles. The molecule has 2 saturated heterocycles. The third-order valence-electron chi connectivity index (χ3n) is 7.15. The fourth-order valence-electron chi connectivity index (χ4n) is 5.35. The van der Waals surface area contributed by atoms with Gasteiger partial charge in [0, 0.05) is 39.0 Å². The van der Waals surface area contributed by atoms with E-state index in [1.807, 2.05) is 34.1 Å². The number of fused-ring (bicyclic) bond motifs is 1. The van der Waals surface area contributed by atoms with Crippen molar-refractivity contribution in [1.82, 2.24) is 4.90 Å². The molecule has 2 unspecified atom stereocenters. The number of anilines is 2. The first-order chi connectivity index (χ1) is 16.3. The molecule has 2 fully saturated rings. The van der Waals surface area contributed by atoms with Crippen molar-refractivity contribution in [3.63, 3.8) is 0 Å². The van der Waals surface area contributed by atoms with Crippen LogP contribution < -0.4 is 9.80 Å². The third-order valence-corrected chi connectivity index (χ3v) is 8.28. The van der Waals surface area contributed by atoms with Crippen LogP contribution in [0.5, 0.6) is 0 Å². The number of rotatable bonds is 4. The second-order valence-corrected chi connectivity index (χ2v) is 11.8. The van der Waals surface area contributed by atoms with Crippen molar-refractivity contribution in [2.24, 2.45) is 0 Å². The Balaban J connectivity index is 1.52. The van der Waals surface area contributed by atoms with Gasteiger partial charge in [0.1, 0.15) is 0 Å². The number of amides is 2. The number of nitrogens with zero attached hydrogens (tertiary/aromatic N) is 3. The van der Waals surface area contributed by atoms with Crippen LogP contribution in [0.1, 0.15) is 32.6 Å². The zero-order valence-electron chi connectivity index (χ0n) is 19.9. The maximum atomic E-state index is 13.5. The van der Waals surface area contributed by atoms with Gasteiger partial charge in [-0.3, -0.25) is 4.90 Å². The van der Waals surface area contributed by atoms with Gasteiger partial charge in [0.2, 0.25) is 0 Å². The van der Waals surface area contributed by atoms with Crippen molar-refractivity contribution in [1.29, 1.82) is 0 Å². The summed E-state index contributed by atoms with van der Waals surface area (Å²) < 4.78 is 29.7. The first-order valence-electron chi connectivity index (χ1n) is 12.2. The second-order valence-electron chi connectivity index (χ2n) is 9.74. The summed E-state index contributed by atoms with van der Waals surface area (Å²) in [5.41, 5.74) is 3.92. The summed E-state index contributed by atoms with van der Waals surface area (Å²) in [7, 11) is -3.24. The van der Waals surface area contributed by atoms with E-state index in [4.69, 9.17) is 4.74 Å². The van der Waals surface area contributed by atoms with E-state index >= 15 is 0 Å². The number of hydrogen-bond acceptors (Lipinski definition) is 5. The number of hydrogen-bond donors (Lipinski definition) is 0. The van der Waals surface area contributed by atoms with Crippen molar-refractivity contribution >= 4 is 27.2 Å². The Morgan fingerprint density at radius 3 is 2.35 bits per heavy atom.